The standard InChI is InChI=1S/C10H16BrNO3/c1-10(5-11)6-14-7-12-4-2-3-8(12)9(13)15-10/h8H,2-7H2,1H3/t8-,10+/m1/s1. The van der Waals surface area contributed by atoms with E-state index >= 15 is 0 Å². The molecule has 2 aliphatic heterocycles. The Hall–Kier alpha value is -0.130. The molecule has 2 fully saturated rings. The van der Waals surface area contributed by atoms with Crippen LogP contribution in [0.4, 0.5) is 0 Å². The largest absolute Gasteiger partial charge is 0.455 e. The van der Waals surface area contributed by atoms with E-state index < -0.39 is 5.60 Å². The molecule has 0 spiro atoms. The normalized spacial score (nSPS) is 38.0. The van der Waals surface area contributed by atoms with Gasteiger partial charge >= 0.3 is 5.97 Å². The highest BCUT2D eigenvalue weighted by atomic mass is 79.9. The topological polar surface area (TPSA) is 38.8 Å². The molecule has 2 atom stereocenters. The molecule has 0 amide bonds. The minimum atomic E-state index is -0.522. The second-order valence-electron chi connectivity index (χ2n) is 4.45. The molecule has 5 heteroatoms. The minimum absolute atomic E-state index is 0.0938. The van der Waals surface area contributed by atoms with E-state index in [2.05, 4.69) is 20.8 Å². The lowest BCUT2D eigenvalue weighted by Crippen LogP contribution is -2.49. The lowest BCUT2D eigenvalue weighted by molar-refractivity contribution is -0.179. The van der Waals surface area contributed by atoms with Crippen molar-refractivity contribution in [2.75, 3.05) is 25.2 Å². The molecule has 2 heterocycles. The smallest absolute Gasteiger partial charge is 0.324 e. The number of cyclic esters (lactones) is 1. The first-order valence-corrected chi connectivity index (χ1v) is 6.37. The van der Waals surface area contributed by atoms with Crippen LogP contribution in [0.25, 0.3) is 0 Å². The highest BCUT2D eigenvalue weighted by Gasteiger charge is 2.39. The summed E-state index contributed by atoms with van der Waals surface area (Å²) in [5.41, 5.74) is -0.522. The Morgan fingerprint density at radius 1 is 1.67 bits per heavy atom. The van der Waals surface area contributed by atoms with Gasteiger partial charge in [-0.2, -0.15) is 0 Å². The van der Waals surface area contributed by atoms with E-state index in [1.165, 1.54) is 0 Å². The van der Waals surface area contributed by atoms with Crippen LogP contribution in [0.3, 0.4) is 0 Å². The lowest BCUT2D eigenvalue weighted by Gasteiger charge is -2.34. The summed E-state index contributed by atoms with van der Waals surface area (Å²) in [6.07, 6.45) is 1.94. The van der Waals surface area contributed by atoms with Gasteiger partial charge in [-0.1, -0.05) is 15.9 Å². The van der Waals surface area contributed by atoms with E-state index in [4.69, 9.17) is 9.47 Å². The maximum atomic E-state index is 11.9. The zero-order valence-electron chi connectivity index (χ0n) is 8.87. The SMILES string of the molecule is C[C@]1(CBr)COCN2CCC[C@@H]2C(=O)O1. The molecule has 0 radical (unpaired) electrons. The summed E-state index contributed by atoms with van der Waals surface area (Å²) in [6.45, 7) is 3.82. The molecule has 2 saturated heterocycles. The first kappa shape index (κ1) is 11.4. The van der Waals surface area contributed by atoms with Gasteiger partial charge in [-0.3, -0.25) is 9.69 Å². The number of ether oxygens (including phenoxy) is 2. The van der Waals surface area contributed by atoms with E-state index in [1.807, 2.05) is 6.92 Å². The Morgan fingerprint density at radius 3 is 3.20 bits per heavy atom. The highest BCUT2D eigenvalue weighted by Crippen LogP contribution is 2.25. The van der Waals surface area contributed by atoms with Crippen LogP contribution in [0, 0.1) is 0 Å². The third-order valence-electron chi connectivity index (χ3n) is 2.93. The summed E-state index contributed by atoms with van der Waals surface area (Å²) in [6, 6.07) is -0.0938. The lowest BCUT2D eigenvalue weighted by atomic mass is 10.1. The van der Waals surface area contributed by atoms with Crippen molar-refractivity contribution in [1.82, 2.24) is 4.90 Å². The van der Waals surface area contributed by atoms with Gasteiger partial charge in [0, 0.05) is 11.9 Å². The number of hydrogen-bond donors (Lipinski definition) is 0. The van der Waals surface area contributed by atoms with E-state index in [9.17, 15) is 4.79 Å². The molecule has 15 heavy (non-hydrogen) atoms. The van der Waals surface area contributed by atoms with Gasteiger partial charge < -0.3 is 9.47 Å². The fourth-order valence-corrected chi connectivity index (χ4v) is 2.31. The van der Waals surface area contributed by atoms with Gasteiger partial charge in [-0.15, -0.1) is 0 Å². The molecule has 4 nitrogen and oxygen atoms in total. The van der Waals surface area contributed by atoms with Gasteiger partial charge in [-0.25, -0.2) is 0 Å². The summed E-state index contributed by atoms with van der Waals surface area (Å²) >= 11 is 3.36. The van der Waals surface area contributed by atoms with Crippen molar-refractivity contribution < 1.29 is 14.3 Å². The van der Waals surface area contributed by atoms with Crippen LogP contribution in [0.2, 0.25) is 0 Å². The van der Waals surface area contributed by atoms with Gasteiger partial charge in [0.1, 0.15) is 11.6 Å². The zero-order chi connectivity index (χ0) is 10.9. The zero-order valence-corrected chi connectivity index (χ0v) is 10.5. The number of carbonyl (C=O) groups is 1. The molecule has 0 saturated carbocycles. The maximum Gasteiger partial charge on any atom is 0.324 e. The van der Waals surface area contributed by atoms with Gasteiger partial charge in [0.2, 0.25) is 0 Å². The molecule has 0 bridgehead atoms. The van der Waals surface area contributed by atoms with Crippen molar-refractivity contribution in [2.45, 2.75) is 31.4 Å². The second-order valence-corrected chi connectivity index (χ2v) is 5.01. The average Bonchev–Trinajstić information content (AvgIpc) is 2.64. The molecular formula is C10H16BrNO3. The van der Waals surface area contributed by atoms with Crippen molar-refractivity contribution >= 4 is 21.9 Å². The van der Waals surface area contributed by atoms with E-state index in [0.717, 1.165) is 19.4 Å². The Kier molecular flexibility index (Phi) is 3.33. The van der Waals surface area contributed by atoms with Crippen LogP contribution in [0.1, 0.15) is 19.8 Å². The van der Waals surface area contributed by atoms with E-state index in [-0.39, 0.29) is 12.0 Å². The Labute approximate surface area is 98.0 Å². The fourth-order valence-electron chi connectivity index (χ4n) is 2.03. The van der Waals surface area contributed by atoms with Crippen LogP contribution in [0.15, 0.2) is 0 Å². The summed E-state index contributed by atoms with van der Waals surface area (Å²) < 4.78 is 11.1. The van der Waals surface area contributed by atoms with Crippen molar-refractivity contribution in [3.63, 3.8) is 0 Å². The quantitative estimate of drug-likeness (QED) is 0.532. The summed E-state index contributed by atoms with van der Waals surface area (Å²) in [7, 11) is 0. The second kappa shape index (κ2) is 4.39. The first-order chi connectivity index (χ1) is 7.14. The number of rotatable bonds is 1. The predicted octanol–water partition coefficient (Wildman–Crippen LogP) is 1.14. The molecule has 0 N–H and O–H groups in total. The molecule has 0 aliphatic carbocycles. The van der Waals surface area contributed by atoms with Crippen LogP contribution in [-0.2, 0) is 14.3 Å². The van der Waals surface area contributed by atoms with Crippen LogP contribution < -0.4 is 0 Å². The summed E-state index contributed by atoms with van der Waals surface area (Å²) in [4.78, 5) is 13.9. The number of esters is 1. The fraction of sp³-hybridized carbons (Fsp3) is 0.900. The van der Waals surface area contributed by atoms with E-state index in [1.54, 1.807) is 0 Å². The number of hydrogen-bond acceptors (Lipinski definition) is 4. The number of alkyl halides is 1. The third kappa shape index (κ3) is 2.34. The van der Waals surface area contributed by atoms with Crippen LogP contribution >= 0.6 is 15.9 Å². The van der Waals surface area contributed by atoms with Crippen LogP contribution in [0.5, 0.6) is 0 Å². The van der Waals surface area contributed by atoms with Crippen molar-refractivity contribution in [1.29, 1.82) is 0 Å². The first-order valence-electron chi connectivity index (χ1n) is 5.25. The number of halogens is 1. The van der Waals surface area contributed by atoms with Crippen LogP contribution in [-0.4, -0.2) is 47.7 Å². The van der Waals surface area contributed by atoms with Gasteiger partial charge in [0.25, 0.3) is 0 Å². The third-order valence-corrected chi connectivity index (χ3v) is 4.12. The number of nitrogens with zero attached hydrogens (tertiary/aromatic N) is 1. The Morgan fingerprint density at radius 2 is 2.47 bits per heavy atom. The minimum Gasteiger partial charge on any atom is -0.455 e. The molecule has 0 aromatic heterocycles. The predicted molar refractivity (Wildman–Crippen MR) is 58.8 cm³/mol. The number of fused-ring (bicyclic) bond motifs is 1. The molecule has 2 rings (SSSR count). The molecule has 0 aromatic carbocycles. The molecule has 86 valence electrons. The monoisotopic (exact) mass is 277 g/mol. The Bertz CT molecular complexity index is 261. The van der Waals surface area contributed by atoms with Crippen molar-refractivity contribution in [3.05, 3.63) is 0 Å². The highest BCUT2D eigenvalue weighted by molar-refractivity contribution is 9.09. The summed E-state index contributed by atoms with van der Waals surface area (Å²) in [5, 5.41) is 0.610. The maximum absolute atomic E-state index is 11.9. The van der Waals surface area contributed by atoms with Gasteiger partial charge in [-0.05, 0) is 19.8 Å². The molecule has 2 aliphatic rings. The van der Waals surface area contributed by atoms with Gasteiger partial charge in [0.15, 0.2) is 0 Å². The molecule has 0 unspecified atom stereocenters. The van der Waals surface area contributed by atoms with Crippen molar-refractivity contribution in [3.8, 4) is 0 Å². The van der Waals surface area contributed by atoms with Crippen molar-refractivity contribution in [2.24, 2.45) is 0 Å². The molecular weight excluding hydrogens is 262 g/mol. The average molecular weight is 278 g/mol. The van der Waals surface area contributed by atoms with E-state index in [0.29, 0.717) is 18.7 Å². The van der Waals surface area contributed by atoms with Gasteiger partial charge in [0.05, 0.1) is 13.3 Å². The Balaban J connectivity index is 2.09. The molecule has 0 aromatic rings. The number of carbonyl (C=O) groups excluding carboxylic acids is 1. The summed E-state index contributed by atoms with van der Waals surface area (Å²) in [5.74, 6) is -0.0993.